The summed E-state index contributed by atoms with van der Waals surface area (Å²) in [6.45, 7) is 0.351. The number of nitrogens with one attached hydrogen (secondary N) is 1. The molecule has 0 aromatic heterocycles. The van der Waals surface area contributed by atoms with E-state index in [2.05, 4.69) is 5.32 Å². The highest BCUT2D eigenvalue weighted by molar-refractivity contribution is 6.30. The number of benzene rings is 1. The molecule has 0 amide bonds. The van der Waals surface area contributed by atoms with Crippen LogP contribution < -0.4 is 5.32 Å². The van der Waals surface area contributed by atoms with Gasteiger partial charge in [-0.3, -0.25) is 0 Å². The highest BCUT2D eigenvalue weighted by Gasteiger charge is 2.44. The van der Waals surface area contributed by atoms with Crippen LogP contribution in [-0.2, 0) is 0 Å². The fourth-order valence-electron chi connectivity index (χ4n) is 1.72. The van der Waals surface area contributed by atoms with Crippen molar-refractivity contribution in [1.82, 2.24) is 5.32 Å². The molecule has 2 rings (SSSR count). The van der Waals surface area contributed by atoms with Crippen molar-refractivity contribution < 1.29 is 8.78 Å². The van der Waals surface area contributed by atoms with Crippen LogP contribution in [0.3, 0.4) is 0 Å². The van der Waals surface area contributed by atoms with Gasteiger partial charge >= 0.3 is 0 Å². The second kappa shape index (κ2) is 3.48. The Balaban J connectivity index is 2.31. The van der Waals surface area contributed by atoms with Crippen LogP contribution in [0.2, 0.25) is 5.02 Å². The van der Waals surface area contributed by atoms with Crippen LogP contribution >= 0.6 is 11.6 Å². The van der Waals surface area contributed by atoms with Crippen molar-refractivity contribution in [2.75, 3.05) is 6.54 Å². The number of hydrogen-bond donors (Lipinski definition) is 1. The van der Waals surface area contributed by atoms with Gasteiger partial charge in [-0.05, 0) is 17.7 Å². The van der Waals surface area contributed by atoms with E-state index in [1.165, 1.54) is 0 Å². The van der Waals surface area contributed by atoms with Crippen LogP contribution in [0.1, 0.15) is 18.0 Å². The zero-order chi connectivity index (χ0) is 10.2. The molecule has 14 heavy (non-hydrogen) atoms. The van der Waals surface area contributed by atoms with E-state index in [0.717, 1.165) is 0 Å². The van der Waals surface area contributed by atoms with E-state index in [1.54, 1.807) is 24.3 Å². The van der Waals surface area contributed by atoms with Crippen molar-refractivity contribution in [2.45, 2.75) is 18.4 Å². The zero-order valence-corrected chi connectivity index (χ0v) is 8.19. The second-order valence-electron chi connectivity index (χ2n) is 3.45. The minimum Gasteiger partial charge on any atom is -0.305 e. The molecular weight excluding hydrogens is 208 g/mol. The molecule has 76 valence electrons. The normalized spacial score (nSPS) is 25.2. The first kappa shape index (κ1) is 9.87. The molecule has 1 aromatic rings. The quantitative estimate of drug-likeness (QED) is 0.763. The van der Waals surface area contributed by atoms with E-state index in [9.17, 15) is 8.78 Å². The smallest absolute Gasteiger partial charge is 0.268 e. The molecule has 1 heterocycles. The SMILES string of the molecule is FC1(F)CCNC1c1cccc(Cl)c1. The summed E-state index contributed by atoms with van der Waals surface area (Å²) in [7, 11) is 0. The minimum atomic E-state index is -2.66. The third-order valence-electron chi connectivity index (χ3n) is 2.41. The van der Waals surface area contributed by atoms with Gasteiger partial charge in [0.1, 0.15) is 0 Å². The lowest BCUT2D eigenvalue weighted by atomic mass is 10.0. The molecule has 1 saturated heterocycles. The maximum Gasteiger partial charge on any atom is 0.268 e. The van der Waals surface area contributed by atoms with E-state index < -0.39 is 12.0 Å². The molecule has 0 saturated carbocycles. The van der Waals surface area contributed by atoms with Crippen molar-refractivity contribution in [2.24, 2.45) is 0 Å². The van der Waals surface area contributed by atoms with Gasteiger partial charge in [0.15, 0.2) is 0 Å². The number of halogens is 3. The first-order chi connectivity index (χ1) is 6.59. The summed E-state index contributed by atoms with van der Waals surface area (Å²) < 4.78 is 26.6. The van der Waals surface area contributed by atoms with Gasteiger partial charge < -0.3 is 5.32 Å². The fraction of sp³-hybridized carbons (Fsp3) is 0.400. The lowest BCUT2D eigenvalue weighted by Gasteiger charge is -2.19. The van der Waals surface area contributed by atoms with Crippen molar-refractivity contribution in [3.05, 3.63) is 34.9 Å². The second-order valence-corrected chi connectivity index (χ2v) is 3.89. The third kappa shape index (κ3) is 1.74. The largest absolute Gasteiger partial charge is 0.305 e. The Morgan fingerprint density at radius 3 is 2.79 bits per heavy atom. The Kier molecular flexibility index (Phi) is 2.45. The van der Waals surface area contributed by atoms with E-state index in [4.69, 9.17) is 11.6 Å². The third-order valence-corrected chi connectivity index (χ3v) is 2.65. The Morgan fingerprint density at radius 1 is 1.43 bits per heavy atom. The summed E-state index contributed by atoms with van der Waals surface area (Å²) in [4.78, 5) is 0. The van der Waals surface area contributed by atoms with Gasteiger partial charge in [0.2, 0.25) is 0 Å². The lowest BCUT2D eigenvalue weighted by Crippen LogP contribution is -2.26. The van der Waals surface area contributed by atoms with Gasteiger partial charge in [-0.15, -0.1) is 0 Å². The maximum absolute atomic E-state index is 13.3. The Hall–Kier alpha value is -0.670. The summed E-state index contributed by atoms with van der Waals surface area (Å²) in [5.74, 6) is -2.66. The lowest BCUT2D eigenvalue weighted by molar-refractivity contribution is -0.0116. The minimum absolute atomic E-state index is 0.107. The first-order valence-corrected chi connectivity index (χ1v) is 4.84. The average Bonchev–Trinajstić information content (AvgIpc) is 2.45. The monoisotopic (exact) mass is 217 g/mol. The standard InChI is InChI=1S/C10H10ClF2N/c11-8-3-1-2-7(6-8)9-10(12,13)4-5-14-9/h1-3,6,9,14H,4-5H2. The molecule has 4 heteroatoms. The molecule has 0 radical (unpaired) electrons. The van der Waals surface area contributed by atoms with Gasteiger partial charge in [-0.25, -0.2) is 8.78 Å². The molecule has 1 aliphatic heterocycles. The summed E-state index contributed by atoms with van der Waals surface area (Å²) in [5.41, 5.74) is 0.556. The van der Waals surface area contributed by atoms with Crippen LogP contribution in [0.15, 0.2) is 24.3 Å². The Labute approximate surface area is 86.1 Å². The van der Waals surface area contributed by atoms with Gasteiger partial charge in [-0.2, -0.15) is 0 Å². The van der Waals surface area contributed by atoms with Crippen LogP contribution in [0, 0.1) is 0 Å². The fourth-order valence-corrected chi connectivity index (χ4v) is 1.92. The van der Waals surface area contributed by atoms with Crippen molar-refractivity contribution in [1.29, 1.82) is 0 Å². The Bertz CT molecular complexity index is 341. The molecule has 1 aromatic carbocycles. The molecule has 0 spiro atoms. The molecule has 1 fully saturated rings. The number of hydrogen-bond acceptors (Lipinski definition) is 1. The van der Waals surface area contributed by atoms with Crippen molar-refractivity contribution in [3.63, 3.8) is 0 Å². The molecule has 1 nitrogen and oxygen atoms in total. The molecule has 1 unspecified atom stereocenters. The van der Waals surface area contributed by atoms with E-state index in [-0.39, 0.29) is 6.42 Å². The Morgan fingerprint density at radius 2 is 2.21 bits per heavy atom. The maximum atomic E-state index is 13.3. The average molecular weight is 218 g/mol. The molecule has 0 bridgehead atoms. The summed E-state index contributed by atoms with van der Waals surface area (Å²) in [5, 5.41) is 3.27. The van der Waals surface area contributed by atoms with Crippen LogP contribution in [0.5, 0.6) is 0 Å². The van der Waals surface area contributed by atoms with Gasteiger partial charge in [0.25, 0.3) is 5.92 Å². The van der Waals surface area contributed by atoms with Crippen LogP contribution in [0.25, 0.3) is 0 Å². The van der Waals surface area contributed by atoms with Crippen LogP contribution in [0.4, 0.5) is 8.78 Å². The summed E-state index contributed by atoms with van der Waals surface area (Å²) >= 11 is 5.74. The molecule has 1 N–H and O–H groups in total. The van der Waals surface area contributed by atoms with E-state index in [1.807, 2.05) is 0 Å². The topological polar surface area (TPSA) is 12.0 Å². The number of rotatable bonds is 1. The molecule has 0 aliphatic carbocycles. The predicted molar refractivity (Wildman–Crippen MR) is 51.8 cm³/mol. The van der Waals surface area contributed by atoms with E-state index >= 15 is 0 Å². The van der Waals surface area contributed by atoms with Gasteiger partial charge in [-0.1, -0.05) is 23.7 Å². The summed E-state index contributed by atoms with van der Waals surface area (Å²) in [6, 6.07) is 5.73. The zero-order valence-electron chi connectivity index (χ0n) is 7.43. The highest BCUT2D eigenvalue weighted by Crippen LogP contribution is 2.38. The number of alkyl halides is 2. The van der Waals surface area contributed by atoms with Crippen molar-refractivity contribution in [3.8, 4) is 0 Å². The summed E-state index contributed by atoms with van der Waals surface area (Å²) in [6.07, 6.45) is -0.107. The molecule has 1 atom stereocenters. The predicted octanol–water partition coefficient (Wildman–Crippen LogP) is 3.01. The van der Waals surface area contributed by atoms with Gasteiger partial charge in [0, 0.05) is 18.0 Å². The molecule has 1 aliphatic rings. The molecular formula is C10H10ClF2N. The van der Waals surface area contributed by atoms with E-state index in [0.29, 0.717) is 17.1 Å². The van der Waals surface area contributed by atoms with Gasteiger partial charge in [0.05, 0.1) is 6.04 Å². The highest BCUT2D eigenvalue weighted by atomic mass is 35.5. The van der Waals surface area contributed by atoms with Crippen LogP contribution in [-0.4, -0.2) is 12.5 Å². The first-order valence-electron chi connectivity index (χ1n) is 4.46. The van der Waals surface area contributed by atoms with Crippen molar-refractivity contribution >= 4 is 11.6 Å².